The highest BCUT2D eigenvalue weighted by Crippen LogP contribution is 2.33. The number of para-hydroxylation sites is 1. The zero-order valence-electron chi connectivity index (χ0n) is 8.50. The summed E-state index contributed by atoms with van der Waals surface area (Å²) in [6.45, 7) is 0. The van der Waals surface area contributed by atoms with Crippen molar-refractivity contribution in [3.63, 3.8) is 0 Å². The summed E-state index contributed by atoms with van der Waals surface area (Å²) in [6, 6.07) is 8.05. The second-order valence-corrected chi connectivity index (χ2v) is 5.92. The van der Waals surface area contributed by atoms with Gasteiger partial charge in [-0.1, -0.05) is 23.7 Å². The van der Waals surface area contributed by atoms with Crippen LogP contribution in [0.25, 0.3) is 10.2 Å². The van der Waals surface area contributed by atoms with Crippen LogP contribution in [0.2, 0.25) is 5.15 Å². The number of halogens is 1. The molecule has 6 heteroatoms. The lowest BCUT2D eigenvalue weighted by molar-refractivity contribution is 1.05. The Balaban J connectivity index is 1.94. The molecule has 3 nitrogen and oxygen atoms in total. The quantitative estimate of drug-likeness (QED) is 0.713. The summed E-state index contributed by atoms with van der Waals surface area (Å²) in [5, 5.41) is 1.16. The minimum Gasteiger partial charge on any atom is -0.259 e. The van der Waals surface area contributed by atoms with Crippen molar-refractivity contribution in [3.8, 4) is 0 Å². The molecule has 17 heavy (non-hydrogen) atoms. The van der Waals surface area contributed by atoms with Crippen molar-refractivity contribution in [1.82, 2.24) is 15.0 Å². The van der Waals surface area contributed by atoms with Crippen LogP contribution in [0.5, 0.6) is 0 Å². The van der Waals surface area contributed by atoms with Crippen molar-refractivity contribution in [1.29, 1.82) is 0 Å². The summed E-state index contributed by atoms with van der Waals surface area (Å²) in [7, 11) is 0. The van der Waals surface area contributed by atoms with Gasteiger partial charge in [-0.15, -0.1) is 11.3 Å². The first-order valence-corrected chi connectivity index (χ1v) is 6.83. The van der Waals surface area contributed by atoms with E-state index in [1.54, 1.807) is 17.5 Å². The molecule has 3 rings (SSSR count). The third-order valence-corrected chi connectivity index (χ3v) is 4.23. The molecule has 0 N–H and O–H groups in total. The lowest BCUT2D eigenvalue weighted by Gasteiger charge is -1.95. The van der Waals surface area contributed by atoms with Crippen molar-refractivity contribution in [2.45, 2.75) is 9.37 Å². The molecular weight excluding hydrogens is 274 g/mol. The van der Waals surface area contributed by atoms with E-state index in [1.165, 1.54) is 22.7 Å². The van der Waals surface area contributed by atoms with E-state index < -0.39 is 0 Å². The maximum atomic E-state index is 5.79. The van der Waals surface area contributed by atoms with Crippen molar-refractivity contribution in [2.75, 3.05) is 0 Å². The Kier molecular flexibility index (Phi) is 2.96. The monoisotopic (exact) mass is 279 g/mol. The van der Waals surface area contributed by atoms with Gasteiger partial charge >= 0.3 is 0 Å². The van der Waals surface area contributed by atoms with E-state index in [9.17, 15) is 0 Å². The molecule has 1 aromatic carbocycles. The molecule has 0 spiro atoms. The summed E-state index contributed by atoms with van der Waals surface area (Å²) in [5.41, 5.74) is 1.01. The Hall–Kier alpha value is -1.17. The molecule has 0 amide bonds. The Labute approximate surface area is 111 Å². The van der Waals surface area contributed by atoms with Crippen LogP contribution in [-0.4, -0.2) is 15.0 Å². The van der Waals surface area contributed by atoms with Crippen molar-refractivity contribution < 1.29 is 0 Å². The van der Waals surface area contributed by atoms with Gasteiger partial charge in [0.25, 0.3) is 0 Å². The first kappa shape index (κ1) is 11.0. The molecule has 3 aromatic rings. The first-order valence-electron chi connectivity index (χ1n) is 4.82. The Morgan fingerprint density at radius 3 is 2.82 bits per heavy atom. The van der Waals surface area contributed by atoms with Gasteiger partial charge in [-0.25, -0.2) is 9.97 Å². The third-order valence-electron chi connectivity index (χ3n) is 2.05. The Morgan fingerprint density at radius 1 is 1.12 bits per heavy atom. The fraction of sp³-hybridized carbons (Fsp3) is 0. The van der Waals surface area contributed by atoms with Gasteiger partial charge in [0.2, 0.25) is 0 Å². The molecule has 0 bridgehead atoms. The maximum absolute atomic E-state index is 5.79. The molecule has 0 saturated heterocycles. The van der Waals surface area contributed by atoms with E-state index in [2.05, 4.69) is 21.0 Å². The lowest BCUT2D eigenvalue weighted by atomic mass is 10.3. The van der Waals surface area contributed by atoms with Crippen LogP contribution in [0.3, 0.4) is 0 Å². The molecule has 0 aliphatic carbocycles. The summed E-state index contributed by atoms with van der Waals surface area (Å²) >= 11 is 8.90. The lowest BCUT2D eigenvalue weighted by Crippen LogP contribution is -1.82. The number of thiazole rings is 1. The number of hydrogen-bond acceptors (Lipinski definition) is 5. The van der Waals surface area contributed by atoms with Gasteiger partial charge in [-0.2, -0.15) is 0 Å². The molecule has 0 radical (unpaired) electrons. The second-order valence-electron chi connectivity index (χ2n) is 3.23. The van der Waals surface area contributed by atoms with Crippen molar-refractivity contribution >= 4 is 44.9 Å². The normalized spacial score (nSPS) is 10.9. The molecule has 0 fully saturated rings. The number of nitrogens with zero attached hydrogens (tertiary/aromatic N) is 3. The molecule has 84 valence electrons. The number of fused-ring (bicyclic) bond motifs is 1. The van der Waals surface area contributed by atoms with E-state index >= 15 is 0 Å². The van der Waals surface area contributed by atoms with Crippen LogP contribution in [0.1, 0.15) is 0 Å². The third kappa shape index (κ3) is 2.41. The van der Waals surface area contributed by atoms with Gasteiger partial charge in [0, 0.05) is 0 Å². The van der Waals surface area contributed by atoms with Crippen molar-refractivity contribution in [3.05, 3.63) is 41.8 Å². The largest absolute Gasteiger partial charge is 0.259 e. The number of aromatic nitrogens is 3. The average molecular weight is 280 g/mol. The zero-order valence-corrected chi connectivity index (χ0v) is 10.9. The molecule has 0 saturated carbocycles. The summed E-state index contributed by atoms with van der Waals surface area (Å²) in [4.78, 5) is 12.7. The molecule has 0 aliphatic heterocycles. The molecule has 2 aromatic heterocycles. The molecule has 0 unspecified atom stereocenters. The number of benzene rings is 1. The number of rotatable bonds is 2. The maximum Gasteiger partial charge on any atom is 0.157 e. The van der Waals surface area contributed by atoms with E-state index in [1.807, 2.05) is 18.2 Å². The topological polar surface area (TPSA) is 38.7 Å². The highest BCUT2D eigenvalue weighted by molar-refractivity contribution is 8.01. The van der Waals surface area contributed by atoms with Crippen LogP contribution in [-0.2, 0) is 0 Å². The minimum atomic E-state index is 0.399. The van der Waals surface area contributed by atoms with Crippen LogP contribution >= 0.6 is 34.7 Å². The van der Waals surface area contributed by atoms with Crippen molar-refractivity contribution in [2.24, 2.45) is 0 Å². The van der Waals surface area contributed by atoms with Crippen LogP contribution in [0.4, 0.5) is 0 Å². The fourth-order valence-electron chi connectivity index (χ4n) is 1.36. The Morgan fingerprint density at radius 2 is 2.00 bits per heavy atom. The van der Waals surface area contributed by atoms with E-state index in [0.29, 0.717) is 5.15 Å². The predicted molar refractivity (Wildman–Crippen MR) is 70.8 cm³/mol. The Bertz CT molecular complexity index is 635. The van der Waals surface area contributed by atoms with E-state index in [0.717, 1.165) is 14.9 Å². The highest BCUT2D eigenvalue weighted by atomic mass is 35.5. The van der Waals surface area contributed by atoms with Gasteiger partial charge in [-0.3, -0.25) is 4.98 Å². The first-order chi connectivity index (χ1) is 8.31. The van der Waals surface area contributed by atoms with Gasteiger partial charge < -0.3 is 0 Å². The van der Waals surface area contributed by atoms with Crippen LogP contribution in [0.15, 0.2) is 46.0 Å². The fourth-order valence-corrected chi connectivity index (χ4v) is 3.53. The molecule has 2 heterocycles. The standard InChI is InChI=1S/C11H6ClN3S2/c12-9-5-13-6-10(15-9)17-11-14-7-3-1-2-4-8(7)16-11/h1-6H. The molecule has 0 atom stereocenters. The van der Waals surface area contributed by atoms with Gasteiger partial charge in [0.1, 0.15) is 10.2 Å². The van der Waals surface area contributed by atoms with Gasteiger partial charge in [0.05, 0.1) is 22.6 Å². The molecular formula is C11H6ClN3S2. The molecule has 0 aliphatic rings. The summed E-state index contributed by atoms with van der Waals surface area (Å²) in [5.74, 6) is 0. The van der Waals surface area contributed by atoms with Crippen LogP contribution < -0.4 is 0 Å². The minimum absolute atomic E-state index is 0.399. The number of hydrogen-bond donors (Lipinski definition) is 0. The SMILES string of the molecule is Clc1cncc(Sc2nc3ccccc3s2)n1. The van der Waals surface area contributed by atoms with E-state index in [4.69, 9.17) is 11.6 Å². The average Bonchev–Trinajstić information content (AvgIpc) is 2.71. The van der Waals surface area contributed by atoms with Crippen LogP contribution in [0, 0.1) is 0 Å². The zero-order chi connectivity index (χ0) is 11.7. The summed E-state index contributed by atoms with van der Waals surface area (Å²) < 4.78 is 2.12. The highest BCUT2D eigenvalue weighted by Gasteiger charge is 2.06. The van der Waals surface area contributed by atoms with E-state index in [-0.39, 0.29) is 0 Å². The van der Waals surface area contributed by atoms with Gasteiger partial charge in [-0.05, 0) is 23.9 Å². The van der Waals surface area contributed by atoms with Gasteiger partial charge in [0.15, 0.2) is 4.34 Å². The second kappa shape index (κ2) is 4.60. The smallest absolute Gasteiger partial charge is 0.157 e. The predicted octanol–water partition coefficient (Wildman–Crippen LogP) is 3.89. The summed E-state index contributed by atoms with van der Waals surface area (Å²) in [6.07, 6.45) is 3.20.